The molecule has 2 aromatic rings. The highest BCUT2D eigenvalue weighted by molar-refractivity contribution is 6.18. The highest BCUT2D eigenvalue weighted by Crippen LogP contribution is 2.37. The second kappa shape index (κ2) is 10.5. The number of aromatic hydroxyl groups is 1. The van der Waals surface area contributed by atoms with E-state index in [1.807, 2.05) is 19.9 Å². The molecule has 0 aromatic heterocycles. The van der Waals surface area contributed by atoms with Crippen molar-refractivity contribution in [3.05, 3.63) is 53.1 Å². The third-order valence-corrected chi connectivity index (χ3v) is 4.83. The van der Waals surface area contributed by atoms with Crippen molar-refractivity contribution >= 4 is 11.6 Å². The van der Waals surface area contributed by atoms with Crippen molar-refractivity contribution in [2.45, 2.75) is 20.3 Å². The third kappa shape index (κ3) is 5.36. The molecule has 0 spiro atoms. The predicted octanol–water partition coefficient (Wildman–Crippen LogP) is 4.46. The number of methoxy groups -OCH3 is 4. The molecule has 0 fully saturated rings. The maximum absolute atomic E-state index is 13.5. The van der Waals surface area contributed by atoms with E-state index in [0.717, 1.165) is 5.57 Å². The highest BCUT2D eigenvalue weighted by Gasteiger charge is 2.33. The largest absolute Gasteiger partial charge is 0.507 e. The Morgan fingerprint density at radius 1 is 0.871 bits per heavy atom. The Morgan fingerprint density at radius 2 is 1.48 bits per heavy atom. The fourth-order valence-corrected chi connectivity index (χ4v) is 3.15. The topological polar surface area (TPSA) is 91.3 Å². The van der Waals surface area contributed by atoms with Crippen molar-refractivity contribution in [2.24, 2.45) is 5.92 Å². The van der Waals surface area contributed by atoms with Crippen molar-refractivity contribution < 1.29 is 33.6 Å². The first-order chi connectivity index (χ1) is 14.8. The molecule has 1 N–H and O–H groups in total. The first-order valence-corrected chi connectivity index (χ1v) is 9.66. The highest BCUT2D eigenvalue weighted by atomic mass is 16.5. The lowest BCUT2D eigenvalue weighted by Crippen LogP contribution is -2.25. The van der Waals surface area contributed by atoms with Crippen LogP contribution in [0.15, 0.2) is 42.0 Å². The summed E-state index contributed by atoms with van der Waals surface area (Å²) in [7, 11) is 5.77. The molecule has 0 bridgehead atoms. The fourth-order valence-electron chi connectivity index (χ4n) is 3.15. The molecule has 31 heavy (non-hydrogen) atoms. The van der Waals surface area contributed by atoms with Crippen LogP contribution in [0.25, 0.3) is 0 Å². The Labute approximate surface area is 182 Å². The molecule has 0 aliphatic carbocycles. The van der Waals surface area contributed by atoms with Gasteiger partial charge in [-0.2, -0.15) is 0 Å². The molecule has 0 aliphatic rings. The van der Waals surface area contributed by atoms with Gasteiger partial charge >= 0.3 is 0 Å². The van der Waals surface area contributed by atoms with Crippen molar-refractivity contribution in [3.63, 3.8) is 0 Å². The van der Waals surface area contributed by atoms with Crippen molar-refractivity contribution in [2.75, 3.05) is 28.4 Å². The summed E-state index contributed by atoms with van der Waals surface area (Å²) in [5, 5.41) is 10.5. The SMILES string of the molecule is COc1ccc(C(=O)C(CC=C(C)C)C(=O)c2c(O)cc(OC)cc2OC)c(OC)c1. The zero-order valence-corrected chi connectivity index (χ0v) is 18.6. The number of carbonyl (C=O) groups is 2. The van der Waals surface area contributed by atoms with Gasteiger partial charge in [0.25, 0.3) is 0 Å². The van der Waals surface area contributed by atoms with Crippen LogP contribution >= 0.6 is 0 Å². The fraction of sp³-hybridized carbons (Fsp3) is 0.333. The number of allylic oxidation sites excluding steroid dienone is 2. The molecule has 7 nitrogen and oxygen atoms in total. The summed E-state index contributed by atoms with van der Waals surface area (Å²) in [5.74, 6) is -1.13. The van der Waals surface area contributed by atoms with Crippen molar-refractivity contribution in [3.8, 4) is 28.7 Å². The Hall–Kier alpha value is -3.48. The van der Waals surface area contributed by atoms with E-state index < -0.39 is 17.5 Å². The summed E-state index contributed by atoms with van der Waals surface area (Å²) >= 11 is 0. The summed E-state index contributed by atoms with van der Waals surface area (Å²) in [4.78, 5) is 27.0. The number of ketones is 2. The Kier molecular flexibility index (Phi) is 8.07. The molecular formula is C24H28O7. The molecule has 7 heteroatoms. The van der Waals surface area contributed by atoms with Crippen LogP contribution in [0.4, 0.5) is 0 Å². The first kappa shape index (κ1) is 23.8. The van der Waals surface area contributed by atoms with Gasteiger partial charge in [-0.25, -0.2) is 0 Å². The Morgan fingerprint density at radius 3 is 2.03 bits per heavy atom. The van der Waals surface area contributed by atoms with E-state index in [0.29, 0.717) is 17.2 Å². The van der Waals surface area contributed by atoms with Crippen LogP contribution in [-0.2, 0) is 0 Å². The van der Waals surface area contributed by atoms with Gasteiger partial charge in [0.15, 0.2) is 11.6 Å². The number of phenolic OH excluding ortho intramolecular Hbond substituents is 1. The van der Waals surface area contributed by atoms with Gasteiger partial charge in [-0.05, 0) is 32.4 Å². The Bertz CT molecular complexity index is 988. The number of hydrogen-bond acceptors (Lipinski definition) is 7. The molecule has 1 unspecified atom stereocenters. The lowest BCUT2D eigenvalue weighted by molar-refractivity contribution is 0.0804. The molecule has 2 rings (SSSR count). The van der Waals surface area contributed by atoms with Gasteiger partial charge < -0.3 is 24.1 Å². The number of phenols is 1. The van der Waals surface area contributed by atoms with Crippen LogP contribution < -0.4 is 18.9 Å². The Balaban J connectivity index is 2.59. The zero-order valence-electron chi connectivity index (χ0n) is 18.6. The van der Waals surface area contributed by atoms with Crippen LogP contribution in [0.5, 0.6) is 28.7 Å². The smallest absolute Gasteiger partial charge is 0.181 e. The van der Waals surface area contributed by atoms with Crippen LogP contribution in [0.3, 0.4) is 0 Å². The standard InChI is InChI=1S/C24H28O7/c1-14(2)7-9-18(23(26)17-10-8-15(28-3)12-20(17)30-5)24(27)22-19(25)11-16(29-4)13-21(22)31-6/h7-8,10-13,18,25H,9H2,1-6H3. The van der Waals surface area contributed by atoms with Crippen LogP contribution in [0, 0.1) is 5.92 Å². The number of hydrogen-bond donors (Lipinski definition) is 1. The van der Waals surface area contributed by atoms with Crippen molar-refractivity contribution in [1.82, 2.24) is 0 Å². The van der Waals surface area contributed by atoms with E-state index in [4.69, 9.17) is 18.9 Å². The van der Waals surface area contributed by atoms with Gasteiger partial charge in [0, 0.05) is 18.2 Å². The molecule has 0 amide bonds. The number of carbonyl (C=O) groups excluding carboxylic acids is 2. The lowest BCUT2D eigenvalue weighted by atomic mass is 9.86. The molecule has 0 heterocycles. The zero-order chi connectivity index (χ0) is 23.1. The third-order valence-electron chi connectivity index (χ3n) is 4.83. The molecule has 0 saturated heterocycles. The number of rotatable bonds is 10. The van der Waals surface area contributed by atoms with Gasteiger partial charge in [0.1, 0.15) is 34.3 Å². The average Bonchev–Trinajstić information content (AvgIpc) is 2.77. The number of benzene rings is 2. The van der Waals surface area contributed by atoms with E-state index in [9.17, 15) is 14.7 Å². The minimum absolute atomic E-state index is 0.0729. The summed E-state index contributed by atoms with van der Waals surface area (Å²) < 4.78 is 21.0. The molecule has 0 saturated carbocycles. The van der Waals surface area contributed by atoms with E-state index in [-0.39, 0.29) is 29.0 Å². The van der Waals surface area contributed by atoms with Crippen LogP contribution in [0.2, 0.25) is 0 Å². The van der Waals surface area contributed by atoms with Gasteiger partial charge in [0.05, 0.1) is 39.9 Å². The van der Waals surface area contributed by atoms with Gasteiger partial charge in [-0.15, -0.1) is 0 Å². The average molecular weight is 428 g/mol. The summed E-state index contributed by atoms with van der Waals surface area (Å²) in [6, 6.07) is 7.58. The maximum Gasteiger partial charge on any atom is 0.181 e. The van der Waals surface area contributed by atoms with E-state index in [2.05, 4.69) is 0 Å². The first-order valence-electron chi connectivity index (χ1n) is 9.66. The van der Waals surface area contributed by atoms with E-state index in [1.165, 1.54) is 40.6 Å². The molecule has 0 radical (unpaired) electrons. The van der Waals surface area contributed by atoms with Gasteiger partial charge in [-0.3, -0.25) is 9.59 Å². The molecule has 0 aliphatic heterocycles. The molecule has 166 valence electrons. The summed E-state index contributed by atoms with van der Waals surface area (Å²) in [6.45, 7) is 3.76. The normalized spacial score (nSPS) is 11.3. The van der Waals surface area contributed by atoms with Gasteiger partial charge in [0.2, 0.25) is 0 Å². The molecule has 1 atom stereocenters. The van der Waals surface area contributed by atoms with E-state index in [1.54, 1.807) is 18.2 Å². The minimum Gasteiger partial charge on any atom is -0.507 e. The summed E-state index contributed by atoms with van der Waals surface area (Å²) in [5.41, 5.74) is 1.13. The van der Waals surface area contributed by atoms with E-state index >= 15 is 0 Å². The van der Waals surface area contributed by atoms with Crippen LogP contribution in [-0.4, -0.2) is 45.1 Å². The summed E-state index contributed by atoms with van der Waals surface area (Å²) in [6.07, 6.45) is 1.97. The quantitative estimate of drug-likeness (QED) is 0.339. The van der Waals surface area contributed by atoms with Crippen molar-refractivity contribution in [1.29, 1.82) is 0 Å². The van der Waals surface area contributed by atoms with Crippen LogP contribution in [0.1, 0.15) is 41.0 Å². The maximum atomic E-state index is 13.5. The van der Waals surface area contributed by atoms with Gasteiger partial charge in [-0.1, -0.05) is 11.6 Å². The number of ether oxygens (including phenoxy) is 4. The minimum atomic E-state index is -1.09. The second-order valence-electron chi connectivity index (χ2n) is 7.09. The monoisotopic (exact) mass is 428 g/mol. The molecular weight excluding hydrogens is 400 g/mol. The second-order valence-corrected chi connectivity index (χ2v) is 7.09. The number of Topliss-reactive ketones (excluding diaryl/α,β-unsaturated/α-hetero) is 2. The predicted molar refractivity (Wildman–Crippen MR) is 117 cm³/mol. The lowest BCUT2D eigenvalue weighted by Gasteiger charge is -2.18. The molecule has 2 aromatic carbocycles.